The fourth-order valence-electron chi connectivity index (χ4n) is 0.109. The lowest BCUT2D eigenvalue weighted by molar-refractivity contribution is 1.32. The van der Waals surface area contributed by atoms with E-state index in [-0.39, 0.29) is 0 Å². The maximum absolute atomic E-state index is 5.19. The minimum Gasteiger partial charge on any atom is -0.0987 e. The van der Waals surface area contributed by atoms with Crippen molar-refractivity contribution in [1.29, 1.82) is 0 Å². The van der Waals surface area contributed by atoms with E-state index in [4.69, 9.17) is 23.2 Å². The summed E-state index contributed by atoms with van der Waals surface area (Å²) < 4.78 is 0. The highest BCUT2D eigenvalue weighted by Crippen LogP contribution is 2.15. The highest BCUT2D eigenvalue weighted by atomic mass is 35.5. The van der Waals surface area contributed by atoms with Gasteiger partial charge in [0.05, 0.1) is 0 Å². The monoisotopic (exact) mass is 123 g/mol. The van der Waals surface area contributed by atoms with Gasteiger partial charge in [0.1, 0.15) is 6.42 Å². The molecule has 34 valence electrons. The minimum atomic E-state index is 0.366. The van der Waals surface area contributed by atoms with E-state index in [0.717, 1.165) is 0 Å². The van der Waals surface area contributed by atoms with Gasteiger partial charge in [-0.05, 0) is 6.08 Å². The molecule has 0 heterocycles. The third-order valence-electron chi connectivity index (χ3n) is 0.299. The van der Waals surface area contributed by atoms with Crippen LogP contribution in [-0.2, 0) is 0 Å². The second-order valence-electron chi connectivity index (χ2n) is 0.831. The molecule has 0 fully saturated rings. The summed E-state index contributed by atoms with van der Waals surface area (Å²) in [5, 5.41) is 0. The predicted molar refractivity (Wildman–Crippen MR) is 29.8 cm³/mol. The number of allylic oxidation sites excluding steroid dienone is 1. The molecular weight excluding hydrogens is 119 g/mol. The Balaban J connectivity index is 2.81. The molecule has 0 N–H and O–H groups in total. The Hall–Kier alpha value is 0.190. The molecule has 0 aromatic carbocycles. The Morgan fingerprint density at radius 2 is 2.17 bits per heavy atom. The second kappa shape index (κ2) is 3.38. The molecule has 0 saturated heterocycles. The molecular formula is C4H5Cl2+. The van der Waals surface area contributed by atoms with Crippen LogP contribution in [0.2, 0.25) is 0 Å². The van der Waals surface area contributed by atoms with Gasteiger partial charge < -0.3 is 0 Å². The summed E-state index contributed by atoms with van der Waals surface area (Å²) in [7, 11) is 0. The summed E-state index contributed by atoms with van der Waals surface area (Å²) in [6.45, 7) is 3.41. The zero-order valence-corrected chi connectivity index (χ0v) is 4.76. The van der Waals surface area contributed by atoms with Crippen molar-refractivity contribution < 1.29 is 0 Å². The maximum Gasteiger partial charge on any atom is 0.312 e. The van der Waals surface area contributed by atoms with Crippen LogP contribution in [0.3, 0.4) is 0 Å². The van der Waals surface area contributed by atoms with Crippen LogP contribution in [0.5, 0.6) is 0 Å². The largest absolute Gasteiger partial charge is 0.312 e. The zero-order valence-electron chi connectivity index (χ0n) is 3.25. The van der Waals surface area contributed by atoms with E-state index in [1.165, 1.54) is 0 Å². The van der Waals surface area contributed by atoms with Crippen LogP contribution >= 0.6 is 23.2 Å². The Kier molecular flexibility index (Phi) is 3.49. The molecule has 0 nitrogen and oxygen atoms in total. The molecule has 2 heteroatoms. The van der Waals surface area contributed by atoms with Gasteiger partial charge in [-0.25, -0.2) is 0 Å². The van der Waals surface area contributed by atoms with Crippen LogP contribution in [0, 0.1) is 4.84 Å². The Labute approximate surface area is 47.8 Å². The van der Waals surface area contributed by atoms with E-state index in [1.54, 1.807) is 6.08 Å². The van der Waals surface area contributed by atoms with Gasteiger partial charge in [0.2, 0.25) is 0 Å². The summed E-state index contributed by atoms with van der Waals surface area (Å²) in [5.74, 6) is 0. The van der Waals surface area contributed by atoms with Gasteiger partial charge in [-0.15, -0.1) is 0 Å². The van der Waals surface area contributed by atoms with Gasteiger partial charge in [0, 0.05) is 0 Å². The van der Waals surface area contributed by atoms with E-state index >= 15 is 0 Å². The van der Waals surface area contributed by atoms with E-state index < -0.39 is 0 Å². The van der Waals surface area contributed by atoms with Gasteiger partial charge in [0.15, 0.2) is 23.2 Å². The van der Waals surface area contributed by atoms with Crippen LogP contribution in [0.4, 0.5) is 0 Å². The highest BCUT2D eigenvalue weighted by Gasteiger charge is 2.08. The van der Waals surface area contributed by atoms with Crippen molar-refractivity contribution in [2.75, 3.05) is 0 Å². The quantitative estimate of drug-likeness (QED) is 0.392. The minimum absolute atomic E-state index is 0.366. The molecule has 0 bridgehead atoms. The fourth-order valence-corrected chi connectivity index (χ4v) is 0.327. The number of halogens is 2. The summed E-state index contributed by atoms with van der Waals surface area (Å²) in [5.41, 5.74) is 0. The molecule has 0 aliphatic rings. The first-order valence-corrected chi connectivity index (χ1v) is 2.30. The summed E-state index contributed by atoms with van der Waals surface area (Å²) in [6, 6.07) is 0. The van der Waals surface area contributed by atoms with E-state index in [9.17, 15) is 0 Å². The lowest BCUT2D eigenvalue weighted by atomic mass is 10.5. The third-order valence-corrected chi connectivity index (χ3v) is 0.607. The lowest BCUT2D eigenvalue weighted by Gasteiger charge is -1.69. The molecule has 6 heavy (non-hydrogen) atoms. The van der Waals surface area contributed by atoms with Crippen LogP contribution in [0.1, 0.15) is 6.42 Å². The number of hydrogen-bond donors (Lipinski definition) is 0. The van der Waals surface area contributed by atoms with Crippen LogP contribution in [0.15, 0.2) is 12.7 Å². The highest BCUT2D eigenvalue weighted by molar-refractivity contribution is 6.52. The lowest BCUT2D eigenvalue weighted by Crippen LogP contribution is -1.65. The first kappa shape index (κ1) is 6.19. The van der Waals surface area contributed by atoms with Crippen molar-refractivity contribution in [1.82, 2.24) is 0 Å². The summed E-state index contributed by atoms with van der Waals surface area (Å²) in [6.07, 6.45) is 2.23. The summed E-state index contributed by atoms with van der Waals surface area (Å²) >= 11 is 10.4. The zero-order chi connectivity index (χ0) is 4.99. The van der Waals surface area contributed by atoms with E-state index in [0.29, 0.717) is 11.3 Å². The Bertz CT molecular complexity index is 40.8. The fraction of sp³-hybridized carbons (Fsp3) is 0.250. The molecule has 0 atom stereocenters. The molecule has 0 saturated carbocycles. The standard InChI is InChI=1S/C4H5Cl2/c1-2-3-4(5)6/h2H,1,3H2/q+1. The van der Waals surface area contributed by atoms with Crippen molar-refractivity contribution in [2.24, 2.45) is 0 Å². The van der Waals surface area contributed by atoms with Crippen LogP contribution in [-0.4, -0.2) is 0 Å². The third kappa shape index (κ3) is 4.19. The van der Waals surface area contributed by atoms with Gasteiger partial charge in [-0.1, -0.05) is 6.58 Å². The molecule has 0 amide bonds. The van der Waals surface area contributed by atoms with Crippen molar-refractivity contribution in [2.45, 2.75) is 6.42 Å². The van der Waals surface area contributed by atoms with E-state index in [1.807, 2.05) is 0 Å². The maximum atomic E-state index is 5.19. The molecule has 0 unspecified atom stereocenters. The Morgan fingerprint density at radius 1 is 1.67 bits per heavy atom. The first-order valence-electron chi connectivity index (χ1n) is 1.55. The average molecular weight is 124 g/mol. The molecule has 0 aliphatic heterocycles. The smallest absolute Gasteiger partial charge is 0.0987 e. The van der Waals surface area contributed by atoms with Gasteiger partial charge in [-0.2, -0.15) is 0 Å². The van der Waals surface area contributed by atoms with Crippen LogP contribution < -0.4 is 0 Å². The molecule has 0 aliphatic carbocycles. The van der Waals surface area contributed by atoms with Crippen molar-refractivity contribution >= 4 is 23.2 Å². The molecule has 0 radical (unpaired) electrons. The molecule has 0 spiro atoms. The van der Waals surface area contributed by atoms with Gasteiger partial charge >= 0.3 is 4.84 Å². The molecule has 0 aromatic rings. The van der Waals surface area contributed by atoms with Crippen molar-refractivity contribution in [3.8, 4) is 0 Å². The van der Waals surface area contributed by atoms with Gasteiger partial charge in [-0.3, -0.25) is 0 Å². The normalized spacial score (nSPS) is 7.67. The van der Waals surface area contributed by atoms with Crippen molar-refractivity contribution in [3.63, 3.8) is 0 Å². The van der Waals surface area contributed by atoms with Crippen molar-refractivity contribution in [3.05, 3.63) is 17.5 Å². The molecule has 0 aromatic heterocycles. The Morgan fingerprint density at radius 3 is 2.17 bits per heavy atom. The SMILES string of the molecule is C=CC[C+](Cl)Cl. The topological polar surface area (TPSA) is 0 Å². The first-order chi connectivity index (χ1) is 2.77. The number of hydrogen-bond acceptors (Lipinski definition) is 0. The predicted octanol–water partition coefficient (Wildman–Crippen LogP) is 2.53. The molecule has 0 rings (SSSR count). The van der Waals surface area contributed by atoms with E-state index in [2.05, 4.69) is 6.58 Å². The second-order valence-corrected chi connectivity index (χ2v) is 1.94. The summed E-state index contributed by atoms with van der Waals surface area (Å²) in [4.78, 5) is 0.366. The van der Waals surface area contributed by atoms with Gasteiger partial charge in [0.25, 0.3) is 0 Å². The number of rotatable bonds is 2. The van der Waals surface area contributed by atoms with Crippen LogP contribution in [0.25, 0.3) is 0 Å². The average Bonchev–Trinajstić information content (AvgIpc) is 1.35.